The fourth-order valence-corrected chi connectivity index (χ4v) is 3.57. The molecule has 0 saturated carbocycles. The van der Waals surface area contributed by atoms with Crippen LogP contribution in [0.4, 0.5) is 10.8 Å². The predicted molar refractivity (Wildman–Crippen MR) is 125 cm³/mol. The van der Waals surface area contributed by atoms with E-state index in [0.717, 1.165) is 18.4 Å². The first-order chi connectivity index (χ1) is 15.5. The van der Waals surface area contributed by atoms with Crippen molar-refractivity contribution in [2.75, 3.05) is 17.2 Å². The van der Waals surface area contributed by atoms with Crippen molar-refractivity contribution in [3.63, 3.8) is 0 Å². The largest absolute Gasteiger partial charge is 0.462 e. The van der Waals surface area contributed by atoms with Crippen LogP contribution in [-0.2, 0) is 27.2 Å². The standard InChI is InChI=1S/C24H25N3O4S/c1-2-3-13-31-23(30)18-9-11-19(12-10-18)25-22(29)15-20-16-32-24(26-20)27-21(28)14-17-7-5-4-6-8-17/h4-12,16H,2-3,13-15H2,1H3,(H,25,29)(H,26,27,28). The minimum Gasteiger partial charge on any atom is -0.462 e. The second kappa shape index (κ2) is 11.8. The van der Waals surface area contributed by atoms with Crippen LogP contribution in [0.2, 0.25) is 0 Å². The molecular formula is C24H25N3O4S. The molecule has 0 fully saturated rings. The summed E-state index contributed by atoms with van der Waals surface area (Å²) in [6, 6.07) is 16.0. The average Bonchev–Trinajstić information content (AvgIpc) is 3.21. The molecule has 0 aliphatic heterocycles. The van der Waals surface area contributed by atoms with Crippen LogP contribution in [0.25, 0.3) is 0 Å². The maximum atomic E-state index is 12.3. The highest BCUT2D eigenvalue weighted by Crippen LogP contribution is 2.17. The first-order valence-electron chi connectivity index (χ1n) is 10.4. The minimum atomic E-state index is -0.374. The molecule has 0 bridgehead atoms. The average molecular weight is 452 g/mol. The summed E-state index contributed by atoms with van der Waals surface area (Å²) in [5.74, 6) is -0.772. The zero-order valence-electron chi connectivity index (χ0n) is 17.8. The van der Waals surface area contributed by atoms with Crippen molar-refractivity contribution >= 4 is 39.9 Å². The van der Waals surface area contributed by atoms with Crippen molar-refractivity contribution in [2.24, 2.45) is 0 Å². The molecule has 1 aromatic heterocycles. The van der Waals surface area contributed by atoms with E-state index in [1.54, 1.807) is 29.6 Å². The van der Waals surface area contributed by atoms with E-state index < -0.39 is 0 Å². The Hall–Kier alpha value is -3.52. The van der Waals surface area contributed by atoms with E-state index in [0.29, 0.717) is 28.7 Å². The van der Waals surface area contributed by atoms with Gasteiger partial charge in [0.25, 0.3) is 0 Å². The van der Waals surface area contributed by atoms with Crippen LogP contribution in [0, 0.1) is 0 Å². The zero-order chi connectivity index (χ0) is 22.8. The molecule has 166 valence electrons. The number of nitrogens with one attached hydrogen (secondary N) is 2. The topological polar surface area (TPSA) is 97.4 Å². The lowest BCUT2D eigenvalue weighted by atomic mass is 10.1. The van der Waals surface area contributed by atoms with E-state index >= 15 is 0 Å². The first kappa shape index (κ1) is 23.1. The van der Waals surface area contributed by atoms with Crippen LogP contribution in [-0.4, -0.2) is 29.4 Å². The molecule has 0 unspecified atom stereocenters. The Morgan fingerprint density at radius 2 is 1.66 bits per heavy atom. The van der Waals surface area contributed by atoms with Gasteiger partial charge in [0.2, 0.25) is 11.8 Å². The minimum absolute atomic E-state index is 0.0753. The Labute approximate surface area is 190 Å². The summed E-state index contributed by atoms with van der Waals surface area (Å²) in [6.45, 7) is 2.43. The molecule has 2 aromatic carbocycles. The number of carbonyl (C=O) groups excluding carboxylic acids is 3. The third-order valence-corrected chi connectivity index (χ3v) is 5.29. The SMILES string of the molecule is CCCCOC(=O)c1ccc(NC(=O)Cc2csc(NC(=O)Cc3ccccc3)n2)cc1. The molecular weight excluding hydrogens is 426 g/mol. The number of hydrogen-bond acceptors (Lipinski definition) is 6. The van der Waals surface area contributed by atoms with E-state index in [2.05, 4.69) is 15.6 Å². The van der Waals surface area contributed by atoms with E-state index in [4.69, 9.17) is 4.74 Å². The summed E-state index contributed by atoms with van der Waals surface area (Å²) < 4.78 is 5.17. The van der Waals surface area contributed by atoms with E-state index in [9.17, 15) is 14.4 Å². The second-order valence-corrected chi connectivity index (χ2v) is 8.00. The second-order valence-electron chi connectivity index (χ2n) is 7.15. The van der Waals surface area contributed by atoms with Gasteiger partial charge >= 0.3 is 5.97 Å². The monoisotopic (exact) mass is 451 g/mol. The number of nitrogens with zero attached hydrogens (tertiary/aromatic N) is 1. The molecule has 0 aliphatic carbocycles. The predicted octanol–water partition coefficient (Wildman–Crippen LogP) is 4.46. The number of benzene rings is 2. The van der Waals surface area contributed by atoms with E-state index in [1.807, 2.05) is 37.3 Å². The number of carbonyl (C=O) groups is 3. The van der Waals surface area contributed by atoms with Gasteiger partial charge in [-0.3, -0.25) is 9.59 Å². The number of unbranched alkanes of at least 4 members (excludes halogenated alkanes) is 1. The van der Waals surface area contributed by atoms with Gasteiger partial charge in [0.15, 0.2) is 5.13 Å². The number of rotatable bonds is 10. The highest BCUT2D eigenvalue weighted by Gasteiger charge is 2.12. The summed E-state index contributed by atoms with van der Waals surface area (Å²) in [7, 11) is 0. The number of ether oxygens (including phenoxy) is 1. The maximum Gasteiger partial charge on any atom is 0.338 e. The van der Waals surface area contributed by atoms with E-state index in [1.165, 1.54) is 11.3 Å². The van der Waals surface area contributed by atoms with Gasteiger partial charge < -0.3 is 15.4 Å². The molecule has 0 saturated heterocycles. The number of amides is 2. The smallest absolute Gasteiger partial charge is 0.338 e. The quantitative estimate of drug-likeness (QED) is 0.350. The van der Waals surface area contributed by atoms with Gasteiger partial charge in [-0.25, -0.2) is 9.78 Å². The molecule has 3 aromatic rings. The fraction of sp³-hybridized carbons (Fsp3) is 0.250. The highest BCUT2D eigenvalue weighted by molar-refractivity contribution is 7.13. The summed E-state index contributed by atoms with van der Waals surface area (Å²) in [4.78, 5) is 40.7. The molecule has 1 heterocycles. The maximum absolute atomic E-state index is 12.3. The summed E-state index contributed by atoms with van der Waals surface area (Å²) >= 11 is 1.28. The third-order valence-electron chi connectivity index (χ3n) is 4.48. The number of thiazole rings is 1. The third kappa shape index (κ3) is 7.31. The van der Waals surface area contributed by atoms with Gasteiger partial charge in [-0.05, 0) is 36.2 Å². The van der Waals surface area contributed by atoms with Crippen molar-refractivity contribution < 1.29 is 19.1 Å². The van der Waals surface area contributed by atoms with Crippen LogP contribution in [0.1, 0.15) is 41.4 Å². The van der Waals surface area contributed by atoms with Crippen LogP contribution < -0.4 is 10.6 Å². The van der Waals surface area contributed by atoms with Crippen LogP contribution >= 0.6 is 11.3 Å². The zero-order valence-corrected chi connectivity index (χ0v) is 18.6. The Morgan fingerprint density at radius 1 is 0.938 bits per heavy atom. The van der Waals surface area contributed by atoms with Gasteiger partial charge in [-0.15, -0.1) is 11.3 Å². The van der Waals surface area contributed by atoms with Crippen molar-refractivity contribution in [3.05, 3.63) is 76.8 Å². The molecule has 32 heavy (non-hydrogen) atoms. The number of hydrogen-bond donors (Lipinski definition) is 2. The van der Waals surface area contributed by atoms with Gasteiger partial charge in [0, 0.05) is 11.1 Å². The lowest BCUT2D eigenvalue weighted by Crippen LogP contribution is -2.16. The molecule has 7 nitrogen and oxygen atoms in total. The molecule has 2 N–H and O–H groups in total. The number of aromatic nitrogens is 1. The normalized spacial score (nSPS) is 10.4. The van der Waals surface area contributed by atoms with Crippen molar-refractivity contribution in [1.82, 2.24) is 4.98 Å². The molecule has 0 atom stereocenters. The Kier molecular flexibility index (Phi) is 8.51. The first-order valence-corrected chi connectivity index (χ1v) is 11.3. The van der Waals surface area contributed by atoms with Gasteiger partial charge in [0.05, 0.1) is 30.7 Å². The molecule has 2 amide bonds. The fourth-order valence-electron chi connectivity index (χ4n) is 2.84. The Morgan fingerprint density at radius 3 is 2.38 bits per heavy atom. The number of anilines is 2. The molecule has 0 spiro atoms. The van der Waals surface area contributed by atoms with Crippen molar-refractivity contribution in [1.29, 1.82) is 0 Å². The van der Waals surface area contributed by atoms with Gasteiger partial charge in [0.1, 0.15) is 0 Å². The van der Waals surface area contributed by atoms with Crippen LogP contribution in [0.15, 0.2) is 60.0 Å². The highest BCUT2D eigenvalue weighted by atomic mass is 32.1. The molecule has 3 rings (SSSR count). The Bertz CT molecular complexity index is 1050. The lowest BCUT2D eigenvalue weighted by Gasteiger charge is -2.06. The van der Waals surface area contributed by atoms with Crippen molar-refractivity contribution in [3.8, 4) is 0 Å². The van der Waals surface area contributed by atoms with Gasteiger partial charge in [-0.1, -0.05) is 43.7 Å². The summed E-state index contributed by atoms with van der Waals surface area (Å²) in [5, 5.41) is 7.74. The van der Waals surface area contributed by atoms with Crippen LogP contribution in [0.3, 0.4) is 0 Å². The van der Waals surface area contributed by atoms with Gasteiger partial charge in [-0.2, -0.15) is 0 Å². The lowest BCUT2D eigenvalue weighted by molar-refractivity contribution is -0.116. The molecule has 0 radical (unpaired) electrons. The van der Waals surface area contributed by atoms with Crippen LogP contribution in [0.5, 0.6) is 0 Å². The summed E-state index contributed by atoms with van der Waals surface area (Å²) in [5.41, 5.74) is 2.50. The van der Waals surface area contributed by atoms with Crippen molar-refractivity contribution in [2.45, 2.75) is 32.6 Å². The summed E-state index contributed by atoms with van der Waals surface area (Å²) in [6.07, 6.45) is 2.12. The number of esters is 1. The molecule has 0 aliphatic rings. The molecule has 8 heteroatoms. The van der Waals surface area contributed by atoms with E-state index in [-0.39, 0.29) is 30.6 Å². The Balaban J connectivity index is 1.46.